The maximum absolute atomic E-state index is 6.30. The van der Waals surface area contributed by atoms with Gasteiger partial charge in [0.1, 0.15) is 5.75 Å². The maximum Gasteiger partial charge on any atom is 0.119 e. The number of ether oxygens (including phenoxy) is 1. The van der Waals surface area contributed by atoms with Crippen molar-refractivity contribution >= 4 is 11.3 Å². The lowest BCUT2D eigenvalue weighted by atomic mass is 10.0. The Morgan fingerprint density at radius 1 is 1.21 bits per heavy atom. The summed E-state index contributed by atoms with van der Waals surface area (Å²) in [5.41, 5.74) is 8.64. The second kappa shape index (κ2) is 6.73. The number of thiophene rings is 1. The number of hydrogen-bond donors (Lipinski definition) is 1. The van der Waals surface area contributed by atoms with E-state index in [1.54, 1.807) is 11.3 Å². The van der Waals surface area contributed by atoms with Gasteiger partial charge in [-0.05, 0) is 48.1 Å². The van der Waals surface area contributed by atoms with Gasteiger partial charge in [0.25, 0.3) is 0 Å². The van der Waals surface area contributed by atoms with Gasteiger partial charge in [0.05, 0.1) is 12.6 Å². The zero-order valence-electron chi connectivity index (χ0n) is 11.6. The third-order valence-corrected chi connectivity index (χ3v) is 4.10. The van der Waals surface area contributed by atoms with E-state index in [1.807, 2.05) is 12.1 Å². The molecule has 19 heavy (non-hydrogen) atoms. The van der Waals surface area contributed by atoms with Crippen molar-refractivity contribution in [3.05, 3.63) is 51.7 Å². The van der Waals surface area contributed by atoms with E-state index in [1.165, 1.54) is 10.4 Å². The Kier molecular flexibility index (Phi) is 5.00. The lowest BCUT2D eigenvalue weighted by molar-refractivity contribution is 0.309. The molecule has 0 saturated carbocycles. The molecule has 3 heteroatoms. The molecule has 2 nitrogen and oxygen atoms in total. The van der Waals surface area contributed by atoms with Crippen LogP contribution in [0.25, 0.3) is 0 Å². The largest absolute Gasteiger partial charge is 0.494 e. The third-order valence-electron chi connectivity index (χ3n) is 3.24. The first-order valence-corrected chi connectivity index (χ1v) is 7.62. The molecule has 0 fully saturated rings. The van der Waals surface area contributed by atoms with E-state index in [9.17, 15) is 0 Å². The van der Waals surface area contributed by atoms with E-state index in [0.29, 0.717) is 0 Å². The van der Waals surface area contributed by atoms with Crippen molar-refractivity contribution in [1.82, 2.24) is 0 Å². The predicted molar refractivity (Wildman–Crippen MR) is 81.9 cm³/mol. The smallest absolute Gasteiger partial charge is 0.119 e. The van der Waals surface area contributed by atoms with Crippen molar-refractivity contribution in [2.75, 3.05) is 6.61 Å². The quantitative estimate of drug-likeness (QED) is 0.798. The lowest BCUT2D eigenvalue weighted by Gasteiger charge is -2.13. The highest BCUT2D eigenvalue weighted by molar-refractivity contribution is 7.10. The molecule has 0 spiro atoms. The SMILES string of the molecule is CCCCOc1ccc(C(N)c2ccsc2C)cc1. The summed E-state index contributed by atoms with van der Waals surface area (Å²) in [6.45, 7) is 5.06. The molecule has 0 aliphatic rings. The predicted octanol–water partition coefficient (Wildman–Crippen LogP) is 4.28. The molecule has 0 radical (unpaired) electrons. The van der Waals surface area contributed by atoms with Gasteiger partial charge in [0.2, 0.25) is 0 Å². The van der Waals surface area contributed by atoms with Crippen molar-refractivity contribution in [1.29, 1.82) is 0 Å². The summed E-state index contributed by atoms with van der Waals surface area (Å²) in [5, 5.41) is 2.09. The van der Waals surface area contributed by atoms with Gasteiger partial charge in [-0.2, -0.15) is 0 Å². The van der Waals surface area contributed by atoms with Crippen LogP contribution in [-0.2, 0) is 0 Å². The van der Waals surface area contributed by atoms with Gasteiger partial charge in [-0.25, -0.2) is 0 Å². The first-order valence-electron chi connectivity index (χ1n) is 6.74. The highest BCUT2D eigenvalue weighted by Crippen LogP contribution is 2.27. The fourth-order valence-corrected chi connectivity index (χ4v) is 2.75. The van der Waals surface area contributed by atoms with Crippen molar-refractivity contribution < 1.29 is 4.74 Å². The summed E-state index contributed by atoms with van der Waals surface area (Å²) in [6, 6.07) is 10.2. The fraction of sp³-hybridized carbons (Fsp3) is 0.375. The van der Waals surface area contributed by atoms with E-state index in [-0.39, 0.29) is 6.04 Å². The Morgan fingerprint density at radius 2 is 1.95 bits per heavy atom. The molecule has 1 aromatic carbocycles. The van der Waals surface area contributed by atoms with Crippen molar-refractivity contribution in [3.8, 4) is 5.75 Å². The summed E-state index contributed by atoms with van der Waals surface area (Å²) in [4.78, 5) is 1.29. The summed E-state index contributed by atoms with van der Waals surface area (Å²) in [6.07, 6.45) is 2.25. The van der Waals surface area contributed by atoms with E-state index in [4.69, 9.17) is 10.5 Å². The first kappa shape index (κ1) is 14.1. The normalized spacial score (nSPS) is 12.4. The molecule has 2 rings (SSSR count). The standard InChI is InChI=1S/C16H21NOS/c1-3-4-10-18-14-7-5-13(6-8-14)16(17)15-9-11-19-12(15)2/h5-9,11,16H,3-4,10,17H2,1-2H3. The van der Waals surface area contributed by atoms with E-state index < -0.39 is 0 Å². The monoisotopic (exact) mass is 275 g/mol. The molecule has 0 aliphatic carbocycles. The zero-order valence-corrected chi connectivity index (χ0v) is 12.4. The topological polar surface area (TPSA) is 35.2 Å². The van der Waals surface area contributed by atoms with Crippen molar-refractivity contribution in [2.24, 2.45) is 5.73 Å². The summed E-state index contributed by atoms with van der Waals surface area (Å²) in [5.74, 6) is 0.923. The highest BCUT2D eigenvalue weighted by atomic mass is 32.1. The maximum atomic E-state index is 6.30. The summed E-state index contributed by atoms with van der Waals surface area (Å²) < 4.78 is 5.66. The van der Waals surface area contributed by atoms with Gasteiger partial charge in [-0.1, -0.05) is 25.5 Å². The van der Waals surface area contributed by atoms with Gasteiger partial charge in [-0.3, -0.25) is 0 Å². The molecule has 1 atom stereocenters. The molecule has 1 heterocycles. The Labute approximate surface area is 119 Å². The average molecular weight is 275 g/mol. The number of unbranched alkanes of at least 4 members (excludes halogenated alkanes) is 1. The van der Waals surface area contributed by atoms with Gasteiger partial charge >= 0.3 is 0 Å². The van der Waals surface area contributed by atoms with Crippen molar-refractivity contribution in [2.45, 2.75) is 32.7 Å². The summed E-state index contributed by atoms with van der Waals surface area (Å²) >= 11 is 1.74. The van der Waals surface area contributed by atoms with Crippen LogP contribution in [-0.4, -0.2) is 6.61 Å². The Bertz CT molecular complexity index is 504. The van der Waals surface area contributed by atoms with Crippen LogP contribution >= 0.6 is 11.3 Å². The number of nitrogens with two attached hydrogens (primary N) is 1. The lowest BCUT2D eigenvalue weighted by Crippen LogP contribution is -2.11. The Balaban J connectivity index is 2.04. The molecule has 2 aromatic rings. The van der Waals surface area contributed by atoms with Gasteiger partial charge in [0.15, 0.2) is 0 Å². The highest BCUT2D eigenvalue weighted by Gasteiger charge is 2.12. The molecule has 1 unspecified atom stereocenters. The van der Waals surface area contributed by atoms with Crippen LogP contribution in [0, 0.1) is 6.92 Å². The van der Waals surface area contributed by atoms with Crippen LogP contribution in [0.2, 0.25) is 0 Å². The van der Waals surface area contributed by atoms with Gasteiger partial charge in [-0.15, -0.1) is 11.3 Å². The van der Waals surface area contributed by atoms with Crippen LogP contribution in [0.1, 0.15) is 41.8 Å². The van der Waals surface area contributed by atoms with Crippen LogP contribution in [0.4, 0.5) is 0 Å². The Hall–Kier alpha value is -1.32. The third kappa shape index (κ3) is 3.58. The fourth-order valence-electron chi connectivity index (χ4n) is 2.00. The minimum atomic E-state index is -0.0454. The first-order chi connectivity index (χ1) is 9.22. The van der Waals surface area contributed by atoms with Crippen LogP contribution in [0.15, 0.2) is 35.7 Å². The second-order valence-electron chi connectivity index (χ2n) is 4.68. The number of aryl methyl sites for hydroxylation is 1. The molecule has 0 bridgehead atoms. The minimum Gasteiger partial charge on any atom is -0.494 e. The average Bonchev–Trinajstić information content (AvgIpc) is 2.85. The van der Waals surface area contributed by atoms with Crippen molar-refractivity contribution in [3.63, 3.8) is 0 Å². The Morgan fingerprint density at radius 3 is 2.53 bits per heavy atom. The molecule has 0 amide bonds. The molecule has 1 aromatic heterocycles. The minimum absolute atomic E-state index is 0.0454. The second-order valence-corrected chi connectivity index (χ2v) is 5.80. The van der Waals surface area contributed by atoms with E-state index in [2.05, 4.69) is 37.4 Å². The van der Waals surface area contributed by atoms with Crippen LogP contribution < -0.4 is 10.5 Å². The van der Waals surface area contributed by atoms with E-state index >= 15 is 0 Å². The van der Waals surface area contributed by atoms with Gasteiger partial charge in [0, 0.05) is 4.88 Å². The number of benzene rings is 1. The molecule has 0 saturated heterocycles. The van der Waals surface area contributed by atoms with E-state index in [0.717, 1.165) is 30.8 Å². The number of hydrogen-bond acceptors (Lipinski definition) is 3. The van der Waals surface area contributed by atoms with Gasteiger partial charge < -0.3 is 10.5 Å². The number of rotatable bonds is 6. The molecule has 2 N–H and O–H groups in total. The van der Waals surface area contributed by atoms with Crippen LogP contribution in [0.5, 0.6) is 5.75 Å². The zero-order chi connectivity index (χ0) is 13.7. The molecular formula is C16H21NOS. The van der Waals surface area contributed by atoms with Crippen LogP contribution in [0.3, 0.4) is 0 Å². The summed E-state index contributed by atoms with van der Waals surface area (Å²) in [7, 11) is 0. The molecule has 102 valence electrons. The molecule has 0 aliphatic heterocycles. The molecular weight excluding hydrogens is 254 g/mol.